The zero-order valence-electron chi connectivity index (χ0n) is 27.3. The minimum atomic E-state index is -0.592. The van der Waals surface area contributed by atoms with Gasteiger partial charge in [-0.1, -0.05) is 147 Å². The molecule has 0 amide bonds. The normalized spacial score (nSPS) is 16.8. The number of esters is 1. The van der Waals surface area contributed by atoms with Crippen molar-refractivity contribution in [3.8, 4) is 0 Å². The van der Waals surface area contributed by atoms with Gasteiger partial charge in [0.2, 0.25) is 0 Å². The van der Waals surface area contributed by atoms with E-state index in [1.54, 1.807) is 0 Å². The van der Waals surface area contributed by atoms with Crippen LogP contribution >= 0.6 is 0 Å². The van der Waals surface area contributed by atoms with E-state index < -0.39 is 12.2 Å². The summed E-state index contributed by atoms with van der Waals surface area (Å²) in [6, 6.07) is 0. The SMILES string of the molecule is CCCCCCCCCCCCCCC=CCCC(O)C(O)CCCCCCCCCCCCC1=CC(C)OC1=O. The van der Waals surface area contributed by atoms with Crippen LogP contribution in [0.3, 0.4) is 0 Å². The van der Waals surface area contributed by atoms with E-state index in [1.807, 2.05) is 13.0 Å². The first kappa shape index (κ1) is 37.9. The number of cyclic esters (lactones) is 1. The van der Waals surface area contributed by atoms with Crippen molar-refractivity contribution in [1.29, 1.82) is 0 Å². The summed E-state index contributed by atoms with van der Waals surface area (Å²) in [7, 11) is 0. The maximum Gasteiger partial charge on any atom is 0.334 e. The number of aliphatic hydroxyl groups excluding tert-OH is 2. The van der Waals surface area contributed by atoms with Gasteiger partial charge in [-0.3, -0.25) is 0 Å². The highest BCUT2D eigenvalue weighted by molar-refractivity contribution is 5.90. The first-order chi connectivity index (χ1) is 20.0. The molecule has 41 heavy (non-hydrogen) atoms. The van der Waals surface area contributed by atoms with Gasteiger partial charge in [0.05, 0.1) is 12.2 Å². The minimum absolute atomic E-state index is 0.0446. The van der Waals surface area contributed by atoms with Gasteiger partial charge >= 0.3 is 5.97 Å². The van der Waals surface area contributed by atoms with Gasteiger partial charge in [-0.25, -0.2) is 4.79 Å². The molecule has 1 heterocycles. The number of carbonyl (C=O) groups is 1. The Labute approximate surface area is 254 Å². The summed E-state index contributed by atoms with van der Waals surface area (Å²) in [6.45, 7) is 4.19. The van der Waals surface area contributed by atoms with Crippen molar-refractivity contribution in [1.82, 2.24) is 0 Å². The second-order valence-electron chi connectivity index (χ2n) is 12.7. The molecule has 0 saturated heterocycles. The second kappa shape index (κ2) is 27.7. The topological polar surface area (TPSA) is 66.8 Å². The lowest BCUT2D eigenvalue weighted by Crippen LogP contribution is -2.25. The third-order valence-corrected chi connectivity index (χ3v) is 8.65. The number of ether oxygens (including phenoxy) is 1. The van der Waals surface area contributed by atoms with Crippen LogP contribution in [0.1, 0.15) is 187 Å². The van der Waals surface area contributed by atoms with Crippen LogP contribution < -0.4 is 0 Å². The van der Waals surface area contributed by atoms with Crippen LogP contribution in [0.2, 0.25) is 0 Å². The first-order valence-electron chi connectivity index (χ1n) is 18.0. The maximum atomic E-state index is 11.6. The summed E-state index contributed by atoms with van der Waals surface area (Å²) in [5.41, 5.74) is 0.868. The van der Waals surface area contributed by atoms with Crippen LogP contribution in [0.5, 0.6) is 0 Å². The number of hydrogen-bond donors (Lipinski definition) is 2. The van der Waals surface area contributed by atoms with E-state index in [-0.39, 0.29) is 12.1 Å². The van der Waals surface area contributed by atoms with Crippen LogP contribution in [0.15, 0.2) is 23.8 Å². The standard InChI is InChI=1S/C37H68O4/c1-3-4-5-6-7-8-9-10-11-12-13-14-18-21-24-27-30-35(38)36(39)31-28-25-22-19-16-15-17-20-23-26-29-34-32-33(2)41-37(34)40/h21,24,32-33,35-36,38-39H,3-20,22-23,25-31H2,1-2H3. The minimum Gasteiger partial charge on any atom is -0.455 e. The highest BCUT2D eigenvalue weighted by atomic mass is 16.5. The average Bonchev–Trinajstić information content (AvgIpc) is 3.29. The van der Waals surface area contributed by atoms with Crippen LogP contribution in [0.4, 0.5) is 0 Å². The number of hydrogen-bond acceptors (Lipinski definition) is 4. The molecule has 0 radical (unpaired) electrons. The molecule has 0 aliphatic carbocycles. The summed E-state index contributed by atoms with van der Waals surface area (Å²) in [5.74, 6) is -0.118. The molecule has 0 spiro atoms. The van der Waals surface area contributed by atoms with Gasteiger partial charge in [0.25, 0.3) is 0 Å². The monoisotopic (exact) mass is 577 g/mol. The van der Waals surface area contributed by atoms with Crippen molar-refractivity contribution in [2.45, 2.75) is 206 Å². The molecule has 0 bridgehead atoms. The molecule has 1 aliphatic rings. The molecule has 0 aromatic carbocycles. The predicted molar refractivity (Wildman–Crippen MR) is 175 cm³/mol. The Morgan fingerprint density at radius 3 is 1.59 bits per heavy atom. The first-order valence-corrected chi connectivity index (χ1v) is 18.0. The Hall–Kier alpha value is -1.13. The Balaban J connectivity index is 1.80. The lowest BCUT2D eigenvalue weighted by molar-refractivity contribution is -0.139. The number of allylic oxidation sites excluding steroid dienone is 2. The highest BCUT2D eigenvalue weighted by Crippen LogP contribution is 2.20. The fourth-order valence-corrected chi connectivity index (χ4v) is 5.89. The van der Waals surface area contributed by atoms with Crippen molar-refractivity contribution in [3.05, 3.63) is 23.8 Å². The molecule has 0 saturated carbocycles. The third kappa shape index (κ3) is 23.1. The van der Waals surface area contributed by atoms with E-state index >= 15 is 0 Å². The van der Waals surface area contributed by atoms with Crippen molar-refractivity contribution in [2.24, 2.45) is 0 Å². The van der Waals surface area contributed by atoms with Crippen LogP contribution in [-0.2, 0) is 9.53 Å². The van der Waals surface area contributed by atoms with E-state index in [2.05, 4.69) is 19.1 Å². The lowest BCUT2D eigenvalue weighted by atomic mass is 10.0. The van der Waals surface area contributed by atoms with Gasteiger partial charge in [0.1, 0.15) is 6.10 Å². The Kier molecular flexibility index (Phi) is 25.6. The van der Waals surface area contributed by atoms with Crippen molar-refractivity contribution in [2.75, 3.05) is 0 Å². The van der Waals surface area contributed by atoms with E-state index in [1.165, 1.54) is 122 Å². The van der Waals surface area contributed by atoms with Crippen LogP contribution in [0.25, 0.3) is 0 Å². The Bertz CT molecular complexity index is 655. The zero-order valence-corrected chi connectivity index (χ0v) is 27.3. The van der Waals surface area contributed by atoms with Gasteiger partial charge in [-0.2, -0.15) is 0 Å². The molecule has 1 rings (SSSR count). The zero-order chi connectivity index (χ0) is 29.8. The van der Waals surface area contributed by atoms with Gasteiger partial charge in [0.15, 0.2) is 0 Å². The summed E-state index contributed by atoms with van der Waals surface area (Å²) < 4.78 is 5.14. The largest absolute Gasteiger partial charge is 0.455 e. The quantitative estimate of drug-likeness (QED) is 0.0507. The van der Waals surface area contributed by atoms with Crippen molar-refractivity contribution >= 4 is 5.97 Å². The van der Waals surface area contributed by atoms with Crippen molar-refractivity contribution in [3.63, 3.8) is 0 Å². The smallest absolute Gasteiger partial charge is 0.334 e. The molecule has 0 fully saturated rings. The summed E-state index contributed by atoms with van der Waals surface area (Å²) in [5, 5.41) is 20.6. The fourth-order valence-electron chi connectivity index (χ4n) is 5.89. The average molecular weight is 577 g/mol. The van der Waals surface area contributed by atoms with E-state index in [0.29, 0.717) is 12.8 Å². The van der Waals surface area contributed by atoms with Gasteiger partial charge in [-0.05, 0) is 57.9 Å². The van der Waals surface area contributed by atoms with E-state index in [9.17, 15) is 15.0 Å². The molecule has 3 atom stereocenters. The molecular formula is C37H68O4. The van der Waals surface area contributed by atoms with Gasteiger partial charge in [-0.15, -0.1) is 0 Å². The Morgan fingerprint density at radius 1 is 0.634 bits per heavy atom. The van der Waals surface area contributed by atoms with Gasteiger partial charge in [0, 0.05) is 5.57 Å². The summed E-state index contributed by atoms with van der Waals surface area (Å²) >= 11 is 0. The molecule has 3 unspecified atom stereocenters. The van der Waals surface area contributed by atoms with Crippen LogP contribution in [-0.4, -0.2) is 34.5 Å². The maximum absolute atomic E-state index is 11.6. The molecular weight excluding hydrogens is 508 g/mol. The second-order valence-corrected chi connectivity index (χ2v) is 12.7. The number of rotatable bonds is 30. The van der Waals surface area contributed by atoms with Crippen LogP contribution in [0, 0.1) is 0 Å². The summed E-state index contributed by atoms with van der Waals surface area (Å²) in [4.78, 5) is 11.6. The van der Waals surface area contributed by atoms with Gasteiger partial charge < -0.3 is 14.9 Å². The molecule has 1 aliphatic heterocycles. The number of carbonyl (C=O) groups excluding carboxylic acids is 1. The van der Waals surface area contributed by atoms with E-state index in [0.717, 1.165) is 44.1 Å². The third-order valence-electron chi connectivity index (χ3n) is 8.65. The van der Waals surface area contributed by atoms with Crippen molar-refractivity contribution < 1.29 is 19.7 Å². The fraction of sp³-hybridized carbons (Fsp3) is 0.865. The highest BCUT2D eigenvalue weighted by Gasteiger charge is 2.21. The molecule has 240 valence electrons. The number of aliphatic hydroxyl groups is 2. The number of unbranched alkanes of at least 4 members (excludes halogenated alkanes) is 21. The summed E-state index contributed by atoms with van der Waals surface area (Å²) in [6.07, 6.45) is 38.1. The molecule has 0 aromatic rings. The predicted octanol–water partition coefficient (Wildman–Crippen LogP) is 10.7. The lowest BCUT2D eigenvalue weighted by Gasteiger charge is -2.17. The molecule has 2 N–H and O–H groups in total. The Morgan fingerprint density at radius 2 is 1.07 bits per heavy atom. The molecule has 4 heteroatoms. The molecule has 0 aromatic heterocycles. The molecule has 4 nitrogen and oxygen atoms in total. The van der Waals surface area contributed by atoms with E-state index in [4.69, 9.17) is 4.74 Å².